The summed E-state index contributed by atoms with van der Waals surface area (Å²) in [5.41, 5.74) is 0.662. The minimum atomic E-state index is -1.38. The number of carbonyl (C=O) groups excluding carboxylic acids is 2. The van der Waals surface area contributed by atoms with Crippen molar-refractivity contribution in [2.45, 2.75) is 26.8 Å². The molecule has 1 amide bonds. The molecule has 1 atom stereocenters. The number of benzene rings is 2. The molecule has 172 valence electrons. The normalized spacial score (nSPS) is 11.7. The van der Waals surface area contributed by atoms with Gasteiger partial charge in [0.05, 0.1) is 43.8 Å². The summed E-state index contributed by atoms with van der Waals surface area (Å²) in [5, 5.41) is 11.0. The number of ketones is 1. The highest BCUT2D eigenvalue weighted by Crippen LogP contribution is 2.36. The first kappa shape index (κ1) is 24.9. The van der Waals surface area contributed by atoms with E-state index in [-0.39, 0.29) is 0 Å². The van der Waals surface area contributed by atoms with Gasteiger partial charge in [-0.2, -0.15) is 10.2 Å². The maximum absolute atomic E-state index is 12.9. The molecule has 0 heterocycles. The Labute approximate surface area is 191 Å². The van der Waals surface area contributed by atoms with Gasteiger partial charge in [-0.25, -0.2) is 0 Å². The van der Waals surface area contributed by atoms with E-state index in [9.17, 15) is 9.59 Å². The lowest BCUT2D eigenvalue weighted by Crippen LogP contribution is -2.32. The van der Waals surface area contributed by atoms with E-state index in [1.165, 1.54) is 27.2 Å². The van der Waals surface area contributed by atoms with Crippen LogP contribution >= 0.6 is 11.6 Å². The average molecular weight is 464 g/mol. The Morgan fingerprint density at radius 1 is 0.969 bits per heavy atom. The predicted octanol–water partition coefficient (Wildman–Crippen LogP) is 4.83. The molecule has 9 nitrogen and oxygen atoms in total. The molecule has 32 heavy (non-hydrogen) atoms. The summed E-state index contributed by atoms with van der Waals surface area (Å²) in [6.07, 6.45) is 0. The number of anilines is 1. The molecule has 0 spiro atoms. The number of ether oxygens (including phenoxy) is 4. The molecule has 0 fully saturated rings. The first-order chi connectivity index (χ1) is 15.3. The molecule has 0 saturated heterocycles. The molecular weight excluding hydrogens is 438 g/mol. The summed E-state index contributed by atoms with van der Waals surface area (Å²) < 4.78 is 21.4. The molecule has 2 aromatic rings. The SMILES string of the molecule is CCOc1cc(NC(=O)C(N=Nc2cc(OC)cc(OC)c2)C(C)=O)c(OCC)cc1Cl. The van der Waals surface area contributed by atoms with Gasteiger partial charge in [-0.15, -0.1) is 0 Å². The predicted molar refractivity (Wildman–Crippen MR) is 121 cm³/mol. The van der Waals surface area contributed by atoms with Gasteiger partial charge in [0.1, 0.15) is 23.0 Å². The number of methoxy groups -OCH3 is 2. The van der Waals surface area contributed by atoms with Crippen LogP contribution in [-0.2, 0) is 9.59 Å². The summed E-state index contributed by atoms with van der Waals surface area (Å²) in [6.45, 7) is 5.60. The number of carbonyl (C=O) groups is 2. The summed E-state index contributed by atoms with van der Waals surface area (Å²) >= 11 is 6.21. The Morgan fingerprint density at radius 3 is 2.09 bits per heavy atom. The Balaban J connectivity index is 2.32. The Hall–Kier alpha value is -3.33. The summed E-state index contributed by atoms with van der Waals surface area (Å²) in [4.78, 5) is 25.0. The van der Waals surface area contributed by atoms with Gasteiger partial charge in [0.15, 0.2) is 5.78 Å². The fraction of sp³-hybridized carbons (Fsp3) is 0.364. The van der Waals surface area contributed by atoms with Crippen molar-refractivity contribution >= 4 is 34.7 Å². The minimum absolute atomic E-state index is 0.300. The highest BCUT2D eigenvalue weighted by molar-refractivity contribution is 6.32. The first-order valence-electron chi connectivity index (χ1n) is 9.87. The number of amides is 1. The number of nitrogens with one attached hydrogen (secondary N) is 1. The quantitative estimate of drug-likeness (QED) is 0.377. The van der Waals surface area contributed by atoms with Gasteiger partial charge in [0.25, 0.3) is 5.91 Å². The van der Waals surface area contributed by atoms with Crippen LogP contribution in [0.1, 0.15) is 20.8 Å². The van der Waals surface area contributed by atoms with Gasteiger partial charge in [0.2, 0.25) is 6.04 Å². The van der Waals surface area contributed by atoms with Crippen LogP contribution < -0.4 is 24.3 Å². The van der Waals surface area contributed by atoms with Crippen LogP contribution in [0.25, 0.3) is 0 Å². The fourth-order valence-corrected chi connectivity index (χ4v) is 2.88. The molecule has 2 rings (SSSR count). The van der Waals surface area contributed by atoms with Crippen LogP contribution in [0.15, 0.2) is 40.6 Å². The van der Waals surface area contributed by atoms with E-state index in [1.54, 1.807) is 31.2 Å². The third-order valence-corrected chi connectivity index (χ3v) is 4.45. The van der Waals surface area contributed by atoms with Crippen LogP contribution in [0.5, 0.6) is 23.0 Å². The standard InChI is InChI=1S/C22H26ClN3O6/c1-6-31-19-12-18(20(32-7-2)11-17(19)23)24-22(28)21(13(3)27)26-25-14-8-15(29-4)10-16(9-14)30-5/h8-12,21H,6-7H2,1-5H3,(H,24,28). The molecule has 0 aliphatic carbocycles. The largest absolute Gasteiger partial charge is 0.497 e. The van der Waals surface area contributed by atoms with Crippen molar-refractivity contribution in [2.24, 2.45) is 10.2 Å². The van der Waals surface area contributed by atoms with Gasteiger partial charge in [-0.1, -0.05) is 11.6 Å². The van der Waals surface area contributed by atoms with Gasteiger partial charge in [-0.3, -0.25) is 9.59 Å². The lowest BCUT2D eigenvalue weighted by molar-refractivity contribution is -0.126. The second-order valence-corrected chi connectivity index (χ2v) is 6.84. The smallest absolute Gasteiger partial charge is 0.258 e. The van der Waals surface area contributed by atoms with E-state index >= 15 is 0 Å². The molecule has 10 heteroatoms. The molecule has 0 radical (unpaired) electrons. The number of nitrogens with zero attached hydrogens (tertiary/aromatic N) is 2. The first-order valence-corrected chi connectivity index (χ1v) is 10.2. The molecule has 1 unspecified atom stereocenters. The van der Waals surface area contributed by atoms with E-state index in [0.29, 0.717) is 52.6 Å². The van der Waals surface area contributed by atoms with Crippen molar-refractivity contribution in [3.05, 3.63) is 35.4 Å². The van der Waals surface area contributed by atoms with E-state index in [1.807, 2.05) is 6.92 Å². The van der Waals surface area contributed by atoms with Gasteiger partial charge in [0, 0.05) is 30.3 Å². The van der Waals surface area contributed by atoms with Crippen LogP contribution in [0.2, 0.25) is 5.02 Å². The zero-order valence-electron chi connectivity index (χ0n) is 18.6. The highest BCUT2D eigenvalue weighted by atomic mass is 35.5. The monoisotopic (exact) mass is 463 g/mol. The number of rotatable bonds is 11. The van der Waals surface area contributed by atoms with Crippen molar-refractivity contribution < 1.29 is 28.5 Å². The van der Waals surface area contributed by atoms with Gasteiger partial charge < -0.3 is 24.3 Å². The van der Waals surface area contributed by atoms with Crippen molar-refractivity contribution in [1.82, 2.24) is 0 Å². The number of hydrogen-bond donors (Lipinski definition) is 1. The number of hydrogen-bond acceptors (Lipinski definition) is 8. The number of azo groups is 1. The summed E-state index contributed by atoms with van der Waals surface area (Å²) in [6, 6.07) is 6.56. The van der Waals surface area contributed by atoms with E-state index < -0.39 is 17.7 Å². The highest BCUT2D eigenvalue weighted by Gasteiger charge is 2.25. The molecule has 0 aromatic heterocycles. The summed E-state index contributed by atoms with van der Waals surface area (Å²) in [7, 11) is 3.00. The maximum Gasteiger partial charge on any atom is 0.258 e. The maximum atomic E-state index is 12.9. The Kier molecular flexibility index (Phi) is 9.27. The Bertz CT molecular complexity index is 974. The van der Waals surface area contributed by atoms with Gasteiger partial charge >= 0.3 is 0 Å². The zero-order valence-corrected chi connectivity index (χ0v) is 19.4. The van der Waals surface area contributed by atoms with Crippen molar-refractivity contribution in [3.8, 4) is 23.0 Å². The summed E-state index contributed by atoms with van der Waals surface area (Å²) in [5.74, 6) is 0.532. The van der Waals surface area contributed by atoms with Crippen molar-refractivity contribution in [1.29, 1.82) is 0 Å². The molecule has 1 N–H and O–H groups in total. The molecule has 2 aromatic carbocycles. The van der Waals surface area contributed by atoms with E-state index in [4.69, 9.17) is 30.5 Å². The van der Waals surface area contributed by atoms with E-state index in [0.717, 1.165) is 0 Å². The van der Waals surface area contributed by atoms with Gasteiger partial charge in [-0.05, 0) is 20.8 Å². The molecule has 0 aliphatic heterocycles. The van der Waals surface area contributed by atoms with Crippen molar-refractivity contribution in [3.63, 3.8) is 0 Å². The number of Topliss-reactive ketones (excluding diaryl/α,β-unsaturated/α-hetero) is 1. The fourth-order valence-electron chi connectivity index (χ4n) is 2.67. The lowest BCUT2D eigenvalue weighted by Gasteiger charge is -2.16. The lowest BCUT2D eigenvalue weighted by atomic mass is 10.2. The molecular formula is C22H26ClN3O6. The topological polar surface area (TPSA) is 108 Å². The molecule has 0 saturated carbocycles. The van der Waals surface area contributed by atoms with Crippen LogP contribution in [0.3, 0.4) is 0 Å². The van der Waals surface area contributed by atoms with Crippen LogP contribution in [0, 0.1) is 0 Å². The van der Waals surface area contributed by atoms with E-state index in [2.05, 4.69) is 15.5 Å². The minimum Gasteiger partial charge on any atom is -0.497 e. The third kappa shape index (κ3) is 6.58. The van der Waals surface area contributed by atoms with Crippen molar-refractivity contribution in [2.75, 3.05) is 32.8 Å². The second-order valence-electron chi connectivity index (χ2n) is 6.43. The number of halogens is 1. The second kappa shape index (κ2) is 11.9. The Morgan fingerprint density at radius 2 is 1.56 bits per heavy atom. The third-order valence-electron chi connectivity index (χ3n) is 4.15. The zero-order chi connectivity index (χ0) is 23.7. The molecule has 0 bridgehead atoms. The van der Waals surface area contributed by atoms with Crippen LogP contribution in [0.4, 0.5) is 11.4 Å². The average Bonchev–Trinajstić information content (AvgIpc) is 2.76. The molecule has 0 aliphatic rings. The van der Waals surface area contributed by atoms with Crippen LogP contribution in [-0.4, -0.2) is 45.2 Å².